The Labute approximate surface area is 332 Å². The Balaban J connectivity index is 1.33. The molecule has 8 heteroatoms. The van der Waals surface area contributed by atoms with Gasteiger partial charge < -0.3 is 4.90 Å². The van der Waals surface area contributed by atoms with E-state index >= 15 is 0 Å². The molecule has 0 bridgehead atoms. The number of benzene rings is 6. The molecule has 6 aromatic rings. The molecule has 0 atom stereocenters. The molecule has 0 aliphatic carbocycles. The van der Waals surface area contributed by atoms with Gasteiger partial charge in [0.15, 0.2) is 5.71 Å². The van der Waals surface area contributed by atoms with Crippen LogP contribution >= 0.6 is 0 Å². The van der Waals surface area contributed by atoms with Crippen LogP contribution in [0.15, 0.2) is 182 Å². The minimum atomic E-state index is -0.649. The van der Waals surface area contributed by atoms with Crippen molar-refractivity contribution in [2.24, 2.45) is 0 Å². The lowest BCUT2D eigenvalue weighted by molar-refractivity contribution is -0.402. The number of hydrogen-bond acceptors (Lipinski definition) is 5. The van der Waals surface area contributed by atoms with Crippen molar-refractivity contribution in [1.29, 1.82) is 0 Å². The predicted molar refractivity (Wildman–Crippen MR) is 227 cm³/mol. The van der Waals surface area contributed by atoms with Crippen molar-refractivity contribution < 1.29 is 14.4 Å². The number of hydrogen-bond donors (Lipinski definition) is 0. The Morgan fingerprint density at radius 3 is 1.46 bits per heavy atom. The normalized spacial score (nSPS) is 15.9. The van der Waals surface area contributed by atoms with E-state index < -0.39 is 10.8 Å². The lowest BCUT2D eigenvalue weighted by Gasteiger charge is -2.33. The number of nitrogens with zero attached hydrogens (tertiary/aromatic N) is 4. The fourth-order valence-electron chi connectivity index (χ4n) is 9.22. The predicted octanol–water partition coefficient (Wildman–Crippen LogP) is 10.3. The summed E-state index contributed by atoms with van der Waals surface area (Å²) >= 11 is 0. The standard InChI is InChI=1S/C49H43N4O4/c1-50-44-28-26-40(52(54)55)30-42(44)48(32-36-16-7-3-8-17-36,33-37-18-9-4-10-19-37)46(50)24-15-25-47-49(34-38-20-11-5-12-21-38,35-39-22-13-6-14-23-39)43-31-41(53(56)57)27-29-45(43)51(47)2/h3-31H,32-35H2,1-2H3/q+1. The molecule has 2 heterocycles. The van der Waals surface area contributed by atoms with Crippen molar-refractivity contribution in [2.75, 3.05) is 19.0 Å². The van der Waals surface area contributed by atoms with Gasteiger partial charge in [-0.15, -0.1) is 0 Å². The van der Waals surface area contributed by atoms with Gasteiger partial charge in [-0.2, -0.15) is 4.58 Å². The van der Waals surface area contributed by atoms with Crippen molar-refractivity contribution in [2.45, 2.75) is 36.5 Å². The monoisotopic (exact) mass is 751 g/mol. The Hall–Kier alpha value is -6.93. The van der Waals surface area contributed by atoms with E-state index in [9.17, 15) is 20.2 Å². The van der Waals surface area contributed by atoms with E-state index in [2.05, 4.69) is 76.2 Å². The van der Waals surface area contributed by atoms with Crippen molar-refractivity contribution in [3.05, 3.63) is 235 Å². The number of likely N-dealkylation sites (N-methyl/N-ethyl adjacent to an activating group) is 1. The van der Waals surface area contributed by atoms with Gasteiger partial charge in [-0.3, -0.25) is 20.2 Å². The molecule has 8 nitrogen and oxygen atoms in total. The summed E-state index contributed by atoms with van der Waals surface area (Å²) in [6.07, 6.45) is 8.93. The van der Waals surface area contributed by atoms with Gasteiger partial charge in [-0.25, -0.2) is 0 Å². The zero-order chi connectivity index (χ0) is 39.6. The number of nitro groups is 2. The van der Waals surface area contributed by atoms with Crippen LogP contribution in [0.25, 0.3) is 0 Å². The van der Waals surface area contributed by atoms with Crippen LogP contribution < -0.4 is 4.90 Å². The van der Waals surface area contributed by atoms with Crippen LogP contribution in [-0.4, -0.2) is 34.2 Å². The first-order chi connectivity index (χ1) is 27.7. The maximum absolute atomic E-state index is 12.2. The summed E-state index contributed by atoms with van der Waals surface area (Å²) in [4.78, 5) is 26.0. The summed E-state index contributed by atoms with van der Waals surface area (Å²) in [5.41, 5.74) is 9.07. The van der Waals surface area contributed by atoms with Crippen LogP contribution in [0.1, 0.15) is 33.4 Å². The Morgan fingerprint density at radius 1 is 0.579 bits per heavy atom. The molecule has 0 amide bonds. The zero-order valence-corrected chi connectivity index (χ0v) is 32.0. The smallest absolute Gasteiger partial charge is 0.270 e. The molecule has 282 valence electrons. The topological polar surface area (TPSA) is 92.5 Å². The summed E-state index contributed by atoms with van der Waals surface area (Å²) in [7, 11) is 4.09. The number of non-ortho nitro benzene ring substituents is 2. The first kappa shape index (κ1) is 37.0. The van der Waals surface area contributed by atoms with Crippen LogP contribution in [-0.2, 0) is 36.5 Å². The second-order valence-corrected chi connectivity index (χ2v) is 15.1. The molecule has 2 aliphatic rings. The highest BCUT2D eigenvalue weighted by molar-refractivity contribution is 6.04. The zero-order valence-electron chi connectivity index (χ0n) is 32.0. The van der Waals surface area contributed by atoms with Gasteiger partial charge in [0, 0.05) is 65.8 Å². The van der Waals surface area contributed by atoms with E-state index in [1.807, 2.05) is 99.0 Å². The second kappa shape index (κ2) is 15.3. The van der Waals surface area contributed by atoms with Crippen molar-refractivity contribution in [3.63, 3.8) is 0 Å². The number of allylic oxidation sites excluding steroid dienone is 4. The third kappa shape index (κ3) is 6.95. The fourth-order valence-corrected chi connectivity index (χ4v) is 9.22. The van der Waals surface area contributed by atoms with Crippen LogP contribution in [0.4, 0.5) is 22.7 Å². The van der Waals surface area contributed by atoms with E-state index in [1.54, 1.807) is 24.3 Å². The lowest BCUT2D eigenvalue weighted by Crippen LogP contribution is -2.39. The van der Waals surface area contributed by atoms with Crippen LogP contribution in [0, 0.1) is 20.2 Å². The number of rotatable bonds is 12. The fraction of sp³-hybridized carbons (Fsp3) is 0.163. The van der Waals surface area contributed by atoms with Gasteiger partial charge in [0.25, 0.3) is 11.4 Å². The van der Waals surface area contributed by atoms with Crippen molar-refractivity contribution >= 4 is 28.5 Å². The summed E-state index contributed by atoms with van der Waals surface area (Å²) in [6, 6.07) is 51.7. The molecule has 0 unspecified atom stereocenters. The van der Waals surface area contributed by atoms with Crippen LogP contribution in [0.3, 0.4) is 0 Å². The maximum Gasteiger partial charge on any atom is 0.270 e. The van der Waals surface area contributed by atoms with Gasteiger partial charge in [-0.05, 0) is 65.6 Å². The minimum absolute atomic E-state index is 0.0611. The molecule has 0 saturated carbocycles. The number of nitro benzene ring substituents is 2. The molecular weight excluding hydrogens is 709 g/mol. The van der Waals surface area contributed by atoms with E-state index in [0.717, 1.165) is 56.2 Å². The van der Waals surface area contributed by atoms with Gasteiger partial charge in [0.2, 0.25) is 5.69 Å². The van der Waals surface area contributed by atoms with Gasteiger partial charge >= 0.3 is 0 Å². The SMILES string of the molecule is CN1/C(=C/C=C\C2=[N+](C)c3ccc([N+](=O)[O-])cc3C2(Cc2ccccc2)Cc2ccccc2)C(Cc2ccccc2)(Cc2ccccc2)c2cc([N+](=O)[O-])ccc21. The first-order valence-electron chi connectivity index (χ1n) is 19.2. The van der Waals surface area contributed by atoms with E-state index in [4.69, 9.17) is 0 Å². The number of anilines is 1. The van der Waals surface area contributed by atoms with Crippen LogP contribution in [0.5, 0.6) is 0 Å². The molecular formula is C49H43N4O4+. The highest BCUT2D eigenvalue weighted by Crippen LogP contribution is 2.52. The molecule has 0 saturated heterocycles. The Kier molecular flexibility index (Phi) is 9.94. The van der Waals surface area contributed by atoms with Crippen molar-refractivity contribution in [1.82, 2.24) is 0 Å². The largest absolute Gasteiger partial charge is 0.347 e. The van der Waals surface area contributed by atoms with Gasteiger partial charge in [0.05, 0.1) is 15.3 Å². The third-order valence-corrected chi connectivity index (χ3v) is 11.7. The molecule has 0 radical (unpaired) electrons. The van der Waals surface area contributed by atoms with Crippen molar-refractivity contribution in [3.8, 4) is 0 Å². The first-order valence-corrected chi connectivity index (χ1v) is 19.2. The quantitative estimate of drug-likeness (QED) is 0.0705. The minimum Gasteiger partial charge on any atom is -0.347 e. The van der Waals surface area contributed by atoms with Crippen LogP contribution in [0.2, 0.25) is 0 Å². The average Bonchev–Trinajstić information content (AvgIpc) is 3.58. The Bertz CT molecular complexity index is 2470. The second-order valence-electron chi connectivity index (χ2n) is 15.1. The molecule has 2 aliphatic heterocycles. The van der Waals surface area contributed by atoms with E-state index in [-0.39, 0.29) is 21.2 Å². The molecule has 57 heavy (non-hydrogen) atoms. The third-order valence-electron chi connectivity index (χ3n) is 11.7. The lowest BCUT2D eigenvalue weighted by atomic mass is 9.68. The highest BCUT2D eigenvalue weighted by atomic mass is 16.6. The summed E-state index contributed by atoms with van der Waals surface area (Å²) < 4.78 is 2.18. The molecule has 0 aromatic heterocycles. The molecule has 6 aromatic carbocycles. The molecule has 0 N–H and O–H groups in total. The Morgan fingerprint density at radius 2 is 1.00 bits per heavy atom. The summed E-state index contributed by atoms with van der Waals surface area (Å²) in [5.74, 6) is 0. The molecule has 0 fully saturated rings. The average molecular weight is 752 g/mol. The summed E-state index contributed by atoms with van der Waals surface area (Å²) in [5, 5.41) is 24.5. The van der Waals surface area contributed by atoms with E-state index in [1.165, 1.54) is 0 Å². The number of fused-ring (bicyclic) bond motifs is 2. The van der Waals surface area contributed by atoms with E-state index in [0.29, 0.717) is 25.7 Å². The van der Waals surface area contributed by atoms with Gasteiger partial charge in [-0.1, -0.05) is 127 Å². The highest BCUT2D eigenvalue weighted by Gasteiger charge is 2.51. The molecule has 8 rings (SSSR count). The molecule has 0 spiro atoms. The maximum atomic E-state index is 12.2. The van der Waals surface area contributed by atoms with Gasteiger partial charge in [0.1, 0.15) is 7.05 Å². The summed E-state index contributed by atoms with van der Waals surface area (Å²) in [6.45, 7) is 0.